The molecule has 7 heteroatoms. The van der Waals surface area contributed by atoms with E-state index >= 15 is 0 Å². The Morgan fingerprint density at radius 3 is 2.03 bits per heavy atom. The van der Waals surface area contributed by atoms with Gasteiger partial charge < -0.3 is 0 Å². The van der Waals surface area contributed by atoms with Crippen LogP contribution in [0.25, 0.3) is 0 Å². The molecule has 0 amide bonds. The van der Waals surface area contributed by atoms with Crippen LogP contribution < -0.4 is 4.72 Å². The van der Waals surface area contributed by atoms with Gasteiger partial charge in [-0.25, -0.2) is 8.42 Å². The summed E-state index contributed by atoms with van der Waals surface area (Å²) in [5.74, 6) is 3.95. The van der Waals surface area contributed by atoms with Crippen molar-refractivity contribution in [1.29, 1.82) is 0 Å². The number of para-hydroxylation sites is 1. The molecule has 6 rings (SSSR count). The first-order valence-corrected chi connectivity index (χ1v) is 11.8. The van der Waals surface area contributed by atoms with Gasteiger partial charge in [-0.2, -0.15) is 0 Å². The lowest BCUT2D eigenvalue weighted by Crippen LogP contribution is -2.43. The number of nitrogens with zero attached hydrogens (tertiary/aromatic N) is 1. The lowest BCUT2D eigenvalue weighted by atomic mass is 9.51. The van der Waals surface area contributed by atoms with Gasteiger partial charge in [-0.1, -0.05) is 24.3 Å². The maximum atomic E-state index is 12.7. The molecule has 6 nitrogen and oxygen atoms in total. The van der Waals surface area contributed by atoms with Crippen molar-refractivity contribution in [1.82, 2.24) is 0 Å². The molecular formula is C22H24N2O4S. The predicted octanol–water partition coefficient (Wildman–Crippen LogP) is 4.94. The van der Waals surface area contributed by atoms with E-state index in [0.29, 0.717) is 11.6 Å². The van der Waals surface area contributed by atoms with Gasteiger partial charge in [0, 0.05) is 11.8 Å². The third-order valence-electron chi connectivity index (χ3n) is 7.13. The van der Waals surface area contributed by atoms with Crippen molar-refractivity contribution in [3.63, 3.8) is 0 Å². The highest BCUT2D eigenvalue weighted by Crippen LogP contribution is 2.59. The van der Waals surface area contributed by atoms with Gasteiger partial charge in [-0.05, 0) is 85.5 Å². The summed E-state index contributed by atoms with van der Waals surface area (Å²) in [5, 5.41) is 11.2. The Labute approximate surface area is 170 Å². The molecule has 4 bridgehead atoms. The van der Waals surface area contributed by atoms with Crippen LogP contribution in [0.1, 0.15) is 43.6 Å². The van der Waals surface area contributed by atoms with Crippen molar-refractivity contribution in [3.05, 3.63) is 64.2 Å². The summed E-state index contributed by atoms with van der Waals surface area (Å²) in [5.41, 5.74) is 1.30. The van der Waals surface area contributed by atoms with E-state index in [0.717, 1.165) is 23.7 Å². The first-order chi connectivity index (χ1) is 13.9. The topological polar surface area (TPSA) is 89.3 Å². The molecule has 0 atom stereocenters. The van der Waals surface area contributed by atoms with E-state index in [1.165, 1.54) is 61.9 Å². The largest absolute Gasteiger partial charge is 0.289 e. The molecule has 0 saturated heterocycles. The molecule has 152 valence electrons. The molecule has 2 aromatic carbocycles. The fourth-order valence-corrected chi connectivity index (χ4v) is 7.52. The van der Waals surface area contributed by atoms with Crippen LogP contribution in [-0.2, 0) is 10.0 Å². The number of benzene rings is 2. The van der Waals surface area contributed by atoms with Gasteiger partial charge >= 0.3 is 0 Å². The van der Waals surface area contributed by atoms with Gasteiger partial charge in [0.15, 0.2) is 4.90 Å². The highest BCUT2D eigenvalue weighted by atomic mass is 32.2. The zero-order valence-corrected chi connectivity index (χ0v) is 16.8. The lowest BCUT2D eigenvalue weighted by Gasteiger charge is -2.54. The number of hydrogen-bond acceptors (Lipinski definition) is 4. The Morgan fingerprint density at radius 2 is 1.45 bits per heavy atom. The second-order valence-corrected chi connectivity index (χ2v) is 10.6. The first kappa shape index (κ1) is 18.6. The summed E-state index contributed by atoms with van der Waals surface area (Å²) < 4.78 is 27.9. The van der Waals surface area contributed by atoms with Gasteiger partial charge in [0.2, 0.25) is 0 Å². The fourth-order valence-electron chi connectivity index (χ4n) is 6.29. The van der Waals surface area contributed by atoms with Crippen LogP contribution in [0, 0.1) is 33.8 Å². The number of anilines is 1. The molecule has 0 spiro atoms. The van der Waals surface area contributed by atoms with E-state index in [1.807, 2.05) is 12.1 Å². The van der Waals surface area contributed by atoms with Crippen LogP contribution in [0.15, 0.2) is 53.4 Å². The number of hydrogen-bond donors (Lipinski definition) is 1. The average Bonchev–Trinajstić information content (AvgIpc) is 2.68. The van der Waals surface area contributed by atoms with E-state index in [2.05, 4.69) is 4.72 Å². The number of nitro benzene ring substituents is 1. The number of nitro groups is 1. The van der Waals surface area contributed by atoms with Gasteiger partial charge in [0.05, 0.1) is 4.92 Å². The van der Waals surface area contributed by atoms with Crippen molar-refractivity contribution in [2.24, 2.45) is 23.7 Å². The second kappa shape index (κ2) is 6.83. The van der Waals surface area contributed by atoms with Crippen molar-refractivity contribution in [3.8, 4) is 0 Å². The van der Waals surface area contributed by atoms with Gasteiger partial charge in [-0.15, -0.1) is 0 Å². The predicted molar refractivity (Wildman–Crippen MR) is 110 cm³/mol. The Bertz CT molecular complexity index is 1020. The Morgan fingerprint density at radius 1 is 0.862 bits per heavy atom. The molecule has 4 aliphatic carbocycles. The summed E-state index contributed by atoms with van der Waals surface area (Å²) in [4.78, 5) is 10.2. The highest BCUT2D eigenvalue weighted by molar-refractivity contribution is 7.92. The fraction of sp³-hybridized carbons (Fsp3) is 0.455. The Kier molecular flexibility index (Phi) is 4.38. The quantitative estimate of drug-likeness (QED) is 0.557. The SMILES string of the molecule is O=[N+]([O-])c1ccccc1S(=O)(=O)Nc1ccc(C2C3CC4CC(C3)CC2C4)cc1. The zero-order valence-electron chi connectivity index (χ0n) is 16.0. The summed E-state index contributed by atoms with van der Waals surface area (Å²) in [6.07, 6.45) is 6.77. The van der Waals surface area contributed by atoms with Crippen LogP contribution in [0.2, 0.25) is 0 Å². The van der Waals surface area contributed by atoms with Crippen LogP contribution in [0.5, 0.6) is 0 Å². The number of rotatable bonds is 5. The average molecular weight is 413 g/mol. The van der Waals surface area contributed by atoms with Crippen LogP contribution in [-0.4, -0.2) is 13.3 Å². The minimum absolute atomic E-state index is 0.324. The molecular weight excluding hydrogens is 388 g/mol. The van der Waals surface area contributed by atoms with E-state index in [9.17, 15) is 18.5 Å². The summed E-state index contributed by atoms with van der Waals surface area (Å²) in [6, 6.07) is 13.0. The van der Waals surface area contributed by atoms with Crippen molar-refractivity contribution in [2.75, 3.05) is 4.72 Å². The smallest absolute Gasteiger partial charge is 0.279 e. The monoisotopic (exact) mass is 412 g/mol. The normalized spacial score (nSPS) is 30.3. The van der Waals surface area contributed by atoms with Crippen molar-refractivity contribution >= 4 is 21.4 Å². The first-order valence-electron chi connectivity index (χ1n) is 10.3. The molecule has 4 fully saturated rings. The molecule has 1 N–H and O–H groups in total. The molecule has 0 radical (unpaired) electrons. The maximum Gasteiger partial charge on any atom is 0.289 e. The van der Waals surface area contributed by atoms with E-state index < -0.39 is 20.6 Å². The molecule has 0 aromatic heterocycles. The highest BCUT2D eigenvalue weighted by Gasteiger charge is 2.48. The summed E-state index contributed by atoms with van der Waals surface area (Å²) in [7, 11) is -4.03. The lowest BCUT2D eigenvalue weighted by molar-refractivity contribution is -0.387. The van der Waals surface area contributed by atoms with Crippen molar-refractivity contribution < 1.29 is 13.3 Å². The molecule has 4 aliphatic rings. The number of sulfonamides is 1. The van der Waals surface area contributed by atoms with E-state index in [1.54, 1.807) is 12.1 Å². The third kappa shape index (κ3) is 3.31. The minimum Gasteiger partial charge on any atom is -0.279 e. The molecule has 0 aliphatic heterocycles. The molecule has 0 unspecified atom stereocenters. The Balaban J connectivity index is 1.37. The summed E-state index contributed by atoms with van der Waals surface area (Å²) >= 11 is 0. The Hall–Kier alpha value is -2.41. The van der Waals surface area contributed by atoms with Gasteiger partial charge in [-0.3, -0.25) is 14.8 Å². The molecule has 0 heterocycles. The van der Waals surface area contributed by atoms with Crippen LogP contribution in [0.4, 0.5) is 11.4 Å². The van der Waals surface area contributed by atoms with Crippen LogP contribution >= 0.6 is 0 Å². The van der Waals surface area contributed by atoms with Crippen molar-refractivity contribution in [2.45, 2.75) is 42.9 Å². The molecule has 29 heavy (non-hydrogen) atoms. The van der Waals surface area contributed by atoms with Gasteiger partial charge in [0.1, 0.15) is 0 Å². The summed E-state index contributed by atoms with van der Waals surface area (Å²) in [6.45, 7) is 0. The molecule has 4 saturated carbocycles. The van der Waals surface area contributed by atoms with E-state index in [-0.39, 0.29) is 4.90 Å². The molecule has 2 aromatic rings. The number of nitrogens with one attached hydrogen (secondary N) is 1. The second-order valence-electron chi connectivity index (χ2n) is 8.91. The minimum atomic E-state index is -4.03. The van der Waals surface area contributed by atoms with Gasteiger partial charge in [0.25, 0.3) is 15.7 Å². The van der Waals surface area contributed by atoms with E-state index in [4.69, 9.17) is 0 Å². The van der Waals surface area contributed by atoms with Crippen LogP contribution in [0.3, 0.4) is 0 Å². The standard InChI is InChI=1S/C22H24N2O4S/c25-24(26)20-3-1-2-4-21(20)29(27,28)23-19-7-5-16(6-8-19)22-17-10-14-9-15(12-17)13-18(22)11-14/h1-8,14-15,17-18,22-23H,9-13H2. The maximum absolute atomic E-state index is 12.7. The zero-order chi connectivity index (χ0) is 20.2. The third-order valence-corrected chi connectivity index (χ3v) is 8.55.